The van der Waals surface area contributed by atoms with Crippen molar-refractivity contribution in [2.75, 3.05) is 5.32 Å². The van der Waals surface area contributed by atoms with Crippen molar-refractivity contribution < 1.29 is 5.11 Å². The van der Waals surface area contributed by atoms with Gasteiger partial charge in [-0.15, -0.1) is 0 Å². The summed E-state index contributed by atoms with van der Waals surface area (Å²) in [5.74, 6) is 0.0663. The summed E-state index contributed by atoms with van der Waals surface area (Å²) in [5.41, 5.74) is 4.17. The first-order chi connectivity index (χ1) is 9.60. The van der Waals surface area contributed by atoms with Gasteiger partial charge in [-0.2, -0.15) is 0 Å². The van der Waals surface area contributed by atoms with Crippen molar-refractivity contribution >= 4 is 17.5 Å². The topological polar surface area (TPSA) is 58.0 Å². The molecule has 0 aliphatic heterocycles. The van der Waals surface area contributed by atoms with E-state index in [1.807, 2.05) is 19.1 Å². The molecule has 102 valence electrons. The summed E-state index contributed by atoms with van der Waals surface area (Å²) >= 11 is 0. The Morgan fingerprint density at radius 3 is 2.65 bits per heavy atom. The molecule has 2 aromatic rings. The van der Waals surface area contributed by atoms with Crippen LogP contribution in [0.3, 0.4) is 0 Å². The maximum Gasteiger partial charge on any atom is 0.115 e. The number of nitrogens with one attached hydrogen (secondary N) is 1. The summed E-state index contributed by atoms with van der Waals surface area (Å²) in [4.78, 5) is 8.74. The Morgan fingerprint density at radius 2 is 2.05 bits per heavy atom. The van der Waals surface area contributed by atoms with Gasteiger partial charge in [0, 0.05) is 11.3 Å². The van der Waals surface area contributed by atoms with Crippen LogP contribution >= 0.6 is 0 Å². The van der Waals surface area contributed by atoms with Crippen molar-refractivity contribution in [2.45, 2.75) is 13.5 Å². The molecule has 0 saturated carbocycles. The predicted molar refractivity (Wildman–Crippen MR) is 82.3 cm³/mol. The Bertz CT molecular complexity index is 633. The zero-order valence-corrected chi connectivity index (χ0v) is 11.4. The second-order valence-corrected chi connectivity index (χ2v) is 4.41. The minimum atomic E-state index is 0.0663. The Balaban J connectivity index is 2.05. The van der Waals surface area contributed by atoms with Gasteiger partial charge in [0.05, 0.1) is 29.8 Å². The van der Waals surface area contributed by atoms with Crippen molar-refractivity contribution in [1.29, 1.82) is 0 Å². The molecule has 1 heterocycles. The molecule has 4 heteroatoms. The summed E-state index contributed by atoms with van der Waals surface area (Å²) in [5, 5.41) is 12.5. The van der Waals surface area contributed by atoms with Crippen LogP contribution < -0.4 is 5.32 Å². The number of benzene rings is 1. The van der Waals surface area contributed by atoms with Gasteiger partial charge in [0.25, 0.3) is 0 Å². The third-order valence-electron chi connectivity index (χ3n) is 2.93. The van der Waals surface area contributed by atoms with Gasteiger partial charge in [-0.3, -0.25) is 4.98 Å². The van der Waals surface area contributed by atoms with Gasteiger partial charge in [0.1, 0.15) is 5.76 Å². The smallest absolute Gasteiger partial charge is 0.115 e. The molecule has 0 fully saturated rings. The lowest BCUT2D eigenvalue weighted by molar-refractivity contribution is 0.514. The molecule has 0 amide bonds. The minimum absolute atomic E-state index is 0.0663. The number of aliphatic hydroxyl groups excluding tert-OH is 1. The van der Waals surface area contributed by atoms with Crippen LogP contribution in [0.5, 0.6) is 0 Å². The molecule has 0 saturated heterocycles. The van der Waals surface area contributed by atoms with Crippen molar-refractivity contribution in [3.8, 4) is 0 Å². The summed E-state index contributed by atoms with van der Waals surface area (Å²) < 4.78 is 0. The Morgan fingerprint density at radius 1 is 1.35 bits per heavy atom. The molecule has 0 aliphatic carbocycles. The van der Waals surface area contributed by atoms with Crippen molar-refractivity contribution in [3.63, 3.8) is 0 Å². The number of aliphatic hydroxyl groups is 1. The number of anilines is 1. The molecule has 0 bridgehead atoms. The predicted octanol–water partition coefficient (Wildman–Crippen LogP) is 3.57. The van der Waals surface area contributed by atoms with Gasteiger partial charge >= 0.3 is 0 Å². The molecule has 2 N–H and O–H groups in total. The van der Waals surface area contributed by atoms with Gasteiger partial charge < -0.3 is 10.4 Å². The minimum Gasteiger partial charge on any atom is -0.508 e. The van der Waals surface area contributed by atoms with E-state index in [2.05, 4.69) is 28.4 Å². The molecule has 1 aromatic carbocycles. The molecule has 4 nitrogen and oxygen atoms in total. The number of hydrogen-bond acceptors (Lipinski definition) is 4. The lowest BCUT2D eigenvalue weighted by Gasteiger charge is -2.08. The van der Waals surface area contributed by atoms with Crippen LogP contribution in [0.1, 0.15) is 22.6 Å². The molecule has 0 atom stereocenters. The lowest BCUT2D eigenvalue weighted by atomic mass is 10.2. The molecule has 20 heavy (non-hydrogen) atoms. The first kappa shape index (κ1) is 13.8. The fraction of sp³-hybridized carbons (Fsp3) is 0.125. The zero-order chi connectivity index (χ0) is 14.5. The van der Waals surface area contributed by atoms with E-state index in [1.165, 1.54) is 0 Å². The average Bonchev–Trinajstić information content (AvgIpc) is 2.46. The fourth-order valence-corrected chi connectivity index (χ4v) is 1.75. The normalized spacial score (nSPS) is 10.1. The van der Waals surface area contributed by atoms with E-state index in [1.54, 1.807) is 24.4 Å². The Hall–Kier alpha value is -2.62. The molecule has 0 unspecified atom stereocenters. The van der Waals surface area contributed by atoms with Gasteiger partial charge in [-0.25, -0.2) is 4.98 Å². The van der Waals surface area contributed by atoms with Crippen LogP contribution in [0.4, 0.5) is 5.69 Å². The third-order valence-corrected chi connectivity index (χ3v) is 2.93. The molecule has 0 aliphatic rings. The monoisotopic (exact) mass is 267 g/mol. The largest absolute Gasteiger partial charge is 0.508 e. The number of hydrogen-bond donors (Lipinski definition) is 2. The number of nitrogens with zero attached hydrogens (tertiary/aromatic N) is 2. The summed E-state index contributed by atoms with van der Waals surface area (Å²) in [6.07, 6.45) is 3.45. The summed E-state index contributed by atoms with van der Waals surface area (Å²) in [6, 6.07) is 7.38. The van der Waals surface area contributed by atoms with E-state index >= 15 is 0 Å². The van der Waals surface area contributed by atoms with Crippen molar-refractivity contribution in [3.05, 3.63) is 66.3 Å². The van der Waals surface area contributed by atoms with E-state index in [0.717, 1.165) is 22.8 Å². The highest BCUT2D eigenvalue weighted by atomic mass is 16.3. The molecular formula is C16H17N3O. The maximum atomic E-state index is 9.26. The fourth-order valence-electron chi connectivity index (χ4n) is 1.75. The lowest BCUT2D eigenvalue weighted by Crippen LogP contribution is -2.04. The number of rotatable bonds is 5. The van der Waals surface area contributed by atoms with Crippen molar-refractivity contribution in [1.82, 2.24) is 9.97 Å². The van der Waals surface area contributed by atoms with Gasteiger partial charge in [0.15, 0.2) is 0 Å². The van der Waals surface area contributed by atoms with E-state index in [0.29, 0.717) is 12.1 Å². The second-order valence-electron chi connectivity index (χ2n) is 4.41. The van der Waals surface area contributed by atoms with E-state index < -0.39 is 0 Å². The molecule has 1 aromatic heterocycles. The SMILES string of the molecule is C=Cc1nc(CNc2ccc(C(=C)O)cc2)cnc1C. The van der Waals surface area contributed by atoms with Crippen LogP contribution in [0, 0.1) is 6.92 Å². The van der Waals surface area contributed by atoms with Crippen LogP contribution in [-0.4, -0.2) is 15.1 Å². The van der Waals surface area contributed by atoms with Gasteiger partial charge in [-0.1, -0.05) is 13.2 Å². The van der Waals surface area contributed by atoms with E-state index in [-0.39, 0.29) is 5.76 Å². The Labute approximate surface area is 118 Å². The van der Waals surface area contributed by atoms with Crippen LogP contribution in [0.15, 0.2) is 43.6 Å². The molecule has 0 radical (unpaired) electrons. The Kier molecular flexibility index (Phi) is 4.15. The highest BCUT2D eigenvalue weighted by Gasteiger charge is 2.01. The molecular weight excluding hydrogens is 250 g/mol. The van der Waals surface area contributed by atoms with Crippen molar-refractivity contribution in [2.24, 2.45) is 0 Å². The van der Waals surface area contributed by atoms with E-state index in [4.69, 9.17) is 0 Å². The third kappa shape index (κ3) is 3.23. The van der Waals surface area contributed by atoms with Crippen LogP contribution in [-0.2, 0) is 6.54 Å². The highest BCUT2D eigenvalue weighted by molar-refractivity contribution is 5.59. The van der Waals surface area contributed by atoms with Gasteiger partial charge in [0.2, 0.25) is 0 Å². The summed E-state index contributed by atoms with van der Waals surface area (Å²) in [6.45, 7) is 9.69. The average molecular weight is 267 g/mol. The number of aromatic nitrogens is 2. The van der Waals surface area contributed by atoms with Gasteiger partial charge in [-0.05, 0) is 37.3 Å². The standard InChI is InChI=1S/C16H17N3O/c1-4-16-11(2)17-9-15(19-16)10-18-14-7-5-13(6-8-14)12(3)20/h4-9,18,20H,1,3,10H2,2H3. The maximum absolute atomic E-state index is 9.26. The number of aryl methyl sites for hydroxylation is 1. The first-order valence-electron chi connectivity index (χ1n) is 6.27. The quantitative estimate of drug-likeness (QED) is 0.813. The first-order valence-corrected chi connectivity index (χ1v) is 6.27. The van der Waals surface area contributed by atoms with E-state index in [9.17, 15) is 5.11 Å². The highest BCUT2D eigenvalue weighted by Crippen LogP contribution is 2.14. The zero-order valence-electron chi connectivity index (χ0n) is 11.4. The second kappa shape index (κ2) is 6.02. The molecule has 0 spiro atoms. The molecule has 2 rings (SSSR count). The van der Waals surface area contributed by atoms with Crippen LogP contribution in [0.25, 0.3) is 11.8 Å². The summed E-state index contributed by atoms with van der Waals surface area (Å²) in [7, 11) is 0. The van der Waals surface area contributed by atoms with Crippen LogP contribution in [0.2, 0.25) is 0 Å².